The lowest BCUT2D eigenvalue weighted by Crippen LogP contribution is -1.99. The number of hydrogen-bond acceptors (Lipinski definition) is 0. The van der Waals surface area contributed by atoms with Gasteiger partial charge in [-0.25, -0.2) is 0 Å². The van der Waals surface area contributed by atoms with Crippen LogP contribution >= 0.6 is 0 Å². The third kappa shape index (κ3) is 2.62. The molecule has 0 nitrogen and oxygen atoms in total. The molecule has 4 aromatic carbocycles. The van der Waals surface area contributed by atoms with E-state index < -0.39 is 0 Å². The van der Waals surface area contributed by atoms with Crippen LogP contribution in [-0.4, -0.2) is 0 Å². The van der Waals surface area contributed by atoms with Crippen LogP contribution in [0, 0.1) is 27.7 Å². The molecule has 0 aliphatic rings. The van der Waals surface area contributed by atoms with Crippen LogP contribution in [0.2, 0.25) is 0 Å². The molecule has 0 heterocycles. The van der Waals surface area contributed by atoms with E-state index in [0.717, 1.165) is 6.42 Å². The fourth-order valence-corrected chi connectivity index (χ4v) is 4.23. The molecule has 0 heteroatoms. The molecule has 0 aliphatic heterocycles. The highest BCUT2D eigenvalue weighted by Gasteiger charge is 2.13. The standard InChI is InChI=1S/C25H24/c1-16-13-18(3)24(22-11-7-5-9-20(16)22)15-25-19(4)14-17(2)21-10-6-8-12-23(21)25/h5-14H,15H2,1-4H3. The van der Waals surface area contributed by atoms with Gasteiger partial charge in [0.2, 0.25) is 0 Å². The van der Waals surface area contributed by atoms with E-state index in [4.69, 9.17) is 0 Å². The van der Waals surface area contributed by atoms with E-state index >= 15 is 0 Å². The van der Waals surface area contributed by atoms with Crippen LogP contribution in [0.25, 0.3) is 21.5 Å². The van der Waals surface area contributed by atoms with Gasteiger partial charge in [0.25, 0.3) is 0 Å². The van der Waals surface area contributed by atoms with Crippen molar-refractivity contribution in [1.29, 1.82) is 0 Å². The summed E-state index contributed by atoms with van der Waals surface area (Å²) in [6.07, 6.45) is 0.985. The molecule has 4 rings (SSSR count). The highest BCUT2D eigenvalue weighted by Crippen LogP contribution is 2.32. The van der Waals surface area contributed by atoms with Crippen LogP contribution in [0.15, 0.2) is 60.7 Å². The molecule has 0 aromatic heterocycles. The van der Waals surface area contributed by atoms with Gasteiger partial charge in [0.15, 0.2) is 0 Å². The van der Waals surface area contributed by atoms with Crippen molar-refractivity contribution in [3.8, 4) is 0 Å². The first kappa shape index (κ1) is 15.9. The van der Waals surface area contributed by atoms with Crippen molar-refractivity contribution in [3.05, 3.63) is 94.0 Å². The van der Waals surface area contributed by atoms with Crippen LogP contribution < -0.4 is 0 Å². The highest BCUT2D eigenvalue weighted by atomic mass is 14.2. The quantitative estimate of drug-likeness (QED) is 0.379. The molecule has 0 atom stereocenters. The fourth-order valence-electron chi connectivity index (χ4n) is 4.23. The fraction of sp³-hybridized carbons (Fsp3) is 0.200. The van der Waals surface area contributed by atoms with Crippen molar-refractivity contribution in [2.45, 2.75) is 34.1 Å². The van der Waals surface area contributed by atoms with Gasteiger partial charge in [-0.05, 0) is 89.0 Å². The monoisotopic (exact) mass is 324 g/mol. The topological polar surface area (TPSA) is 0 Å². The van der Waals surface area contributed by atoms with E-state index in [0.29, 0.717) is 0 Å². The van der Waals surface area contributed by atoms with Crippen LogP contribution in [0.3, 0.4) is 0 Å². The van der Waals surface area contributed by atoms with Crippen molar-refractivity contribution in [2.24, 2.45) is 0 Å². The van der Waals surface area contributed by atoms with Crippen LogP contribution in [-0.2, 0) is 6.42 Å². The number of rotatable bonds is 2. The maximum absolute atomic E-state index is 2.34. The Hall–Kier alpha value is -2.60. The Balaban J connectivity index is 1.99. The first-order valence-electron chi connectivity index (χ1n) is 9.02. The van der Waals surface area contributed by atoms with E-state index in [1.165, 1.54) is 54.9 Å². The summed E-state index contributed by atoms with van der Waals surface area (Å²) in [7, 11) is 0. The zero-order valence-electron chi connectivity index (χ0n) is 15.5. The molecule has 0 radical (unpaired) electrons. The van der Waals surface area contributed by atoms with Crippen LogP contribution in [0.4, 0.5) is 0 Å². The average molecular weight is 324 g/mol. The van der Waals surface area contributed by atoms with E-state index in [9.17, 15) is 0 Å². The lowest BCUT2D eigenvalue weighted by atomic mass is 9.87. The first-order chi connectivity index (χ1) is 12.1. The predicted octanol–water partition coefficient (Wildman–Crippen LogP) is 6.82. The molecule has 0 bridgehead atoms. The lowest BCUT2D eigenvalue weighted by molar-refractivity contribution is 1.16. The molecule has 0 saturated heterocycles. The summed E-state index contributed by atoms with van der Waals surface area (Å²) in [5, 5.41) is 5.53. The van der Waals surface area contributed by atoms with Gasteiger partial charge in [0.05, 0.1) is 0 Å². The second-order valence-corrected chi connectivity index (χ2v) is 7.25. The van der Waals surface area contributed by atoms with Crippen molar-refractivity contribution in [2.75, 3.05) is 0 Å². The normalized spacial score (nSPS) is 11.4. The van der Waals surface area contributed by atoms with E-state index in [-0.39, 0.29) is 0 Å². The summed E-state index contributed by atoms with van der Waals surface area (Å²) in [5.41, 5.74) is 8.42. The third-order valence-corrected chi connectivity index (χ3v) is 5.53. The van der Waals surface area contributed by atoms with E-state index in [1.807, 2.05) is 0 Å². The SMILES string of the molecule is Cc1cc(C)c2ccccc2c1Cc1c(C)cc(C)c2ccccc12. The van der Waals surface area contributed by atoms with Gasteiger partial charge >= 0.3 is 0 Å². The van der Waals surface area contributed by atoms with Crippen LogP contribution in [0.1, 0.15) is 33.4 Å². The van der Waals surface area contributed by atoms with E-state index in [2.05, 4.69) is 88.4 Å². The minimum absolute atomic E-state index is 0.985. The Morgan fingerprint density at radius 2 is 0.840 bits per heavy atom. The number of benzene rings is 4. The number of fused-ring (bicyclic) bond motifs is 2. The van der Waals surface area contributed by atoms with Crippen molar-refractivity contribution in [3.63, 3.8) is 0 Å². The Morgan fingerprint density at radius 1 is 0.480 bits per heavy atom. The van der Waals surface area contributed by atoms with Crippen LogP contribution in [0.5, 0.6) is 0 Å². The summed E-state index contributed by atoms with van der Waals surface area (Å²) < 4.78 is 0. The predicted molar refractivity (Wildman–Crippen MR) is 110 cm³/mol. The molecule has 4 aromatic rings. The molecule has 0 saturated carbocycles. The molecule has 0 amide bonds. The Bertz CT molecular complexity index is 1010. The van der Waals surface area contributed by atoms with Crippen molar-refractivity contribution >= 4 is 21.5 Å². The molecule has 124 valence electrons. The maximum Gasteiger partial charge on any atom is -0.000819 e. The zero-order chi connectivity index (χ0) is 17.6. The molecule has 25 heavy (non-hydrogen) atoms. The van der Waals surface area contributed by atoms with Crippen molar-refractivity contribution in [1.82, 2.24) is 0 Å². The summed E-state index contributed by atoms with van der Waals surface area (Å²) in [4.78, 5) is 0. The summed E-state index contributed by atoms with van der Waals surface area (Å²) >= 11 is 0. The van der Waals surface area contributed by atoms with Crippen molar-refractivity contribution < 1.29 is 0 Å². The lowest BCUT2D eigenvalue weighted by Gasteiger charge is -2.17. The molecular weight excluding hydrogens is 300 g/mol. The molecule has 0 fully saturated rings. The molecule has 0 N–H and O–H groups in total. The zero-order valence-corrected chi connectivity index (χ0v) is 15.5. The third-order valence-electron chi connectivity index (χ3n) is 5.53. The average Bonchev–Trinajstić information content (AvgIpc) is 2.61. The Morgan fingerprint density at radius 3 is 1.24 bits per heavy atom. The Kier molecular flexibility index (Phi) is 3.84. The van der Waals surface area contributed by atoms with Gasteiger partial charge < -0.3 is 0 Å². The molecule has 0 aliphatic carbocycles. The number of aryl methyl sites for hydroxylation is 4. The molecule has 0 unspecified atom stereocenters. The van der Waals surface area contributed by atoms with Gasteiger partial charge in [-0.2, -0.15) is 0 Å². The summed E-state index contributed by atoms with van der Waals surface area (Å²) in [6.45, 7) is 8.93. The largest absolute Gasteiger partial charge is 0.0616 e. The van der Waals surface area contributed by atoms with Gasteiger partial charge in [-0.3, -0.25) is 0 Å². The summed E-state index contributed by atoms with van der Waals surface area (Å²) in [5.74, 6) is 0. The van der Waals surface area contributed by atoms with Gasteiger partial charge in [-0.1, -0.05) is 60.7 Å². The highest BCUT2D eigenvalue weighted by molar-refractivity contribution is 5.93. The minimum atomic E-state index is 0.985. The van der Waals surface area contributed by atoms with Gasteiger partial charge in [0.1, 0.15) is 0 Å². The number of hydrogen-bond donors (Lipinski definition) is 0. The molecular formula is C25H24. The van der Waals surface area contributed by atoms with E-state index in [1.54, 1.807) is 0 Å². The minimum Gasteiger partial charge on any atom is -0.0616 e. The Labute approximate surface area is 150 Å². The van der Waals surface area contributed by atoms with Gasteiger partial charge in [0, 0.05) is 0 Å². The maximum atomic E-state index is 2.34. The summed E-state index contributed by atoms with van der Waals surface area (Å²) in [6, 6.07) is 22.3. The first-order valence-corrected chi connectivity index (χ1v) is 9.02. The second kappa shape index (κ2) is 6.04. The second-order valence-electron chi connectivity index (χ2n) is 7.25. The smallest absolute Gasteiger partial charge is 0.000819 e. The molecule has 0 spiro atoms. The van der Waals surface area contributed by atoms with Gasteiger partial charge in [-0.15, -0.1) is 0 Å².